The average Bonchev–Trinajstić information content (AvgIpc) is 3.17. The molecule has 3 rings (SSSR count). The lowest BCUT2D eigenvalue weighted by Gasteiger charge is -2.15. The van der Waals surface area contributed by atoms with Gasteiger partial charge in [0.2, 0.25) is 5.91 Å². The van der Waals surface area contributed by atoms with Crippen LogP contribution in [-0.4, -0.2) is 52.8 Å². The first-order valence-electron chi connectivity index (χ1n) is 7.78. The number of hydrogen-bond acceptors (Lipinski definition) is 5. The van der Waals surface area contributed by atoms with Crippen molar-refractivity contribution in [3.8, 4) is 10.6 Å². The summed E-state index contributed by atoms with van der Waals surface area (Å²) in [5, 5.41) is 3.68. The molecular formula is C17H18N4O3S. The molecule has 130 valence electrons. The topological polar surface area (TPSA) is 82.6 Å². The van der Waals surface area contributed by atoms with Crippen LogP contribution in [0.4, 0.5) is 4.79 Å². The van der Waals surface area contributed by atoms with Gasteiger partial charge < -0.3 is 10.2 Å². The summed E-state index contributed by atoms with van der Waals surface area (Å²) >= 11 is 1.51. The van der Waals surface area contributed by atoms with Gasteiger partial charge >= 0.3 is 6.03 Å². The van der Waals surface area contributed by atoms with Gasteiger partial charge in [-0.3, -0.25) is 14.5 Å². The first kappa shape index (κ1) is 17.1. The molecule has 1 N–H and O–H groups in total. The fraction of sp³-hybridized carbons (Fsp3) is 0.294. The summed E-state index contributed by atoms with van der Waals surface area (Å²) in [6, 6.07) is 8.68. The number of amides is 4. The van der Waals surface area contributed by atoms with Gasteiger partial charge in [-0.1, -0.05) is 30.3 Å². The van der Waals surface area contributed by atoms with Crippen LogP contribution in [0.1, 0.15) is 11.3 Å². The van der Waals surface area contributed by atoms with Crippen LogP contribution in [0.5, 0.6) is 0 Å². The van der Waals surface area contributed by atoms with Crippen molar-refractivity contribution in [2.45, 2.75) is 19.0 Å². The molecule has 0 spiro atoms. The van der Waals surface area contributed by atoms with Crippen molar-refractivity contribution in [3.63, 3.8) is 0 Å². The molecule has 0 aliphatic carbocycles. The van der Waals surface area contributed by atoms with Gasteiger partial charge in [0.05, 0.1) is 13.0 Å². The Morgan fingerprint density at radius 3 is 2.60 bits per heavy atom. The van der Waals surface area contributed by atoms with E-state index in [1.54, 1.807) is 6.20 Å². The van der Waals surface area contributed by atoms with E-state index in [4.69, 9.17) is 0 Å². The summed E-state index contributed by atoms with van der Waals surface area (Å²) in [6.45, 7) is 0.345. The number of carbonyl (C=O) groups excluding carboxylic acids is 3. The lowest BCUT2D eigenvalue weighted by Crippen LogP contribution is -2.37. The zero-order valence-corrected chi connectivity index (χ0v) is 14.7. The van der Waals surface area contributed by atoms with Gasteiger partial charge in [0, 0.05) is 30.7 Å². The molecule has 8 heteroatoms. The number of rotatable bonds is 5. The molecule has 0 saturated carbocycles. The molecule has 0 bridgehead atoms. The minimum Gasteiger partial charge on any atom is -0.351 e. The molecule has 7 nitrogen and oxygen atoms in total. The molecule has 1 aromatic heterocycles. The summed E-state index contributed by atoms with van der Waals surface area (Å²) in [7, 11) is 2.94. The van der Waals surface area contributed by atoms with E-state index in [0.717, 1.165) is 20.3 Å². The van der Waals surface area contributed by atoms with Crippen LogP contribution in [0.2, 0.25) is 0 Å². The van der Waals surface area contributed by atoms with E-state index in [1.165, 1.54) is 30.3 Å². The van der Waals surface area contributed by atoms with Crippen LogP contribution in [-0.2, 0) is 16.1 Å². The smallest absolute Gasteiger partial charge is 0.326 e. The Morgan fingerprint density at radius 2 is 1.96 bits per heavy atom. The summed E-state index contributed by atoms with van der Waals surface area (Å²) < 4.78 is 0. The van der Waals surface area contributed by atoms with Crippen LogP contribution in [0.25, 0.3) is 10.6 Å². The van der Waals surface area contributed by atoms with E-state index in [0.29, 0.717) is 6.54 Å². The molecule has 2 aromatic rings. The highest BCUT2D eigenvalue weighted by molar-refractivity contribution is 7.15. The number of aromatic nitrogens is 1. The third-order valence-electron chi connectivity index (χ3n) is 4.08. The number of carbonyl (C=O) groups is 3. The Morgan fingerprint density at radius 1 is 1.24 bits per heavy atom. The lowest BCUT2D eigenvalue weighted by molar-refractivity contribution is -0.131. The number of hydrogen-bond donors (Lipinski definition) is 1. The summed E-state index contributed by atoms with van der Waals surface area (Å²) in [5.41, 5.74) is 1.03. The van der Waals surface area contributed by atoms with Crippen LogP contribution in [0, 0.1) is 0 Å². The number of nitrogens with zero attached hydrogens (tertiary/aromatic N) is 3. The second kappa shape index (κ2) is 7.02. The van der Waals surface area contributed by atoms with Crippen molar-refractivity contribution >= 4 is 29.2 Å². The van der Waals surface area contributed by atoms with Crippen LogP contribution >= 0.6 is 11.3 Å². The van der Waals surface area contributed by atoms with Crippen LogP contribution < -0.4 is 5.32 Å². The second-order valence-corrected chi connectivity index (χ2v) is 6.90. The Balaban J connectivity index is 1.56. The normalized spacial score (nSPS) is 17.3. The zero-order chi connectivity index (χ0) is 18.0. The molecule has 1 aromatic carbocycles. The molecule has 4 amide bonds. The summed E-state index contributed by atoms with van der Waals surface area (Å²) in [5.74, 6) is -0.630. The number of nitrogens with one attached hydrogen (secondary N) is 1. The fourth-order valence-corrected chi connectivity index (χ4v) is 3.47. The SMILES string of the molecule is CN1C(=O)C(CC(=O)NCc2cnc(-c3ccccc3)s2)N(C)C1=O. The van der Waals surface area contributed by atoms with E-state index in [2.05, 4.69) is 10.3 Å². The van der Waals surface area contributed by atoms with Crippen molar-refractivity contribution in [2.75, 3.05) is 14.1 Å². The Kier molecular flexibility index (Phi) is 4.80. The standard InChI is InChI=1S/C17H18N4O3S/c1-20-13(16(23)21(2)17(20)24)8-14(22)18-9-12-10-19-15(25-12)11-6-4-3-5-7-11/h3-7,10,13H,8-9H2,1-2H3,(H,18,22). The van der Waals surface area contributed by atoms with Gasteiger partial charge in [0.15, 0.2) is 0 Å². The maximum atomic E-state index is 12.1. The van der Waals surface area contributed by atoms with Crippen molar-refractivity contribution in [1.29, 1.82) is 0 Å². The molecule has 1 saturated heterocycles. The maximum absolute atomic E-state index is 12.1. The van der Waals surface area contributed by atoms with Gasteiger partial charge in [-0.2, -0.15) is 0 Å². The number of urea groups is 1. The van der Waals surface area contributed by atoms with Gasteiger partial charge in [-0.25, -0.2) is 9.78 Å². The maximum Gasteiger partial charge on any atom is 0.326 e. The Labute approximate surface area is 149 Å². The number of likely N-dealkylation sites (N-methyl/N-ethyl adjacent to an activating group) is 2. The average molecular weight is 358 g/mol. The first-order chi connectivity index (χ1) is 12.0. The number of imide groups is 1. The molecule has 1 fully saturated rings. The molecule has 1 atom stereocenters. The highest BCUT2D eigenvalue weighted by Crippen LogP contribution is 2.24. The van der Waals surface area contributed by atoms with Crippen molar-refractivity contribution in [2.24, 2.45) is 0 Å². The Hall–Kier alpha value is -2.74. The molecule has 0 radical (unpaired) electrons. The van der Waals surface area contributed by atoms with Crippen molar-refractivity contribution in [1.82, 2.24) is 20.1 Å². The highest BCUT2D eigenvalue weighted by Gasteiger charge is 2.41. The van der Waals surface area contributed by atoms with Crippen LogP contribution in [0.3, 0.4) is 0 Å². The van der Waals surface area contributed by atoms with Crippen molar-refractivity contribution < 1.29 is 14.4 Å². The molecule has 1 unspecified atom stereocenters. The van der Waals surface area contributed by atoms with Crippen molar-refractivity contribution in [3.05, 3.63) is 41.4 Å². The molecule has 1 aliphatic rings. The molecule has 25 heavy (non-hydrogen) atoms. The van der Waals surface area contributed by atoms with E-state index < -0.39 is 12.1 Å². The van der Waals surface area contributed by atoms with E-state index >= 15 is 0 Å². The molecule has 1 aliphatic heterocycles. The highest BCUT2D eigenvalue weighted by atomic mass is 32.1. The lowest BCUT2D eigenvalue weighted by atomic mass is 10.2. The van der Waals surface area contributed by atoms with E-state index in [9.17, 15) is 14.4 Å². The number of thiazole rings is 1. The van der Waals surface area contributed by atoms with Gasteiger partial charge in [0.1, 0.15) is 11.0 Å². The summed E-state index contributed by atoms with van der Waals surface area (Å²) in [4.78, 5) is 43.4. The fourth-order valence-electron chi connectivity index (χ4n) is 2.61. The second-order valence-electron chi connectivity index (χ2n) is 5.79. The third-order valence-corrected chi connectivity index (χ3v) is 5.13. The monoisotopic (exact) mass is 358 g/mol. The van der Waals surface area contributed by atoms with Gasteiger partial charge in [-0.15, -0.1) is 11.3 Å². The zero-order valence-electron chi connectivity index (χ0n) is 13.9. The molecule has 2 heterocycles. The Bertz CT molecular complexity index is 805. The molecular weight excluding hydrogens is 340 g/mol. The largest absolute Gasteiger partial charge is 0.351 e. The van der Waals surface area contributed by atoms with Gasteiger partial charge in [-0.05, 0) is 0 Å². The summed E-state index contributed by atoms with van der Waals surface area (Å²) in [6.07, 6.45) is 1.69. The predicted octanol–water partition coefficient (Wildman–Crippen LogP) is 1.71. The minimum atomic E-state index is -0.737. The van der Waals surface area contributed by atoms with E-state index in [1.807, 2.05) is 30.3 Å². The quantitative estimate of drug-likeness (QED) is 0.825. The first-order valence-corrected chi connectivity index (χ1v) is 8.60. The third kappa shape index (κ3) is 3.53. The predicted molar refractivity (Wildman–Crippen MR) is 93.7 cm³/mol. The minimum absolute atomic E-state index is 0.0459. The van der Waals surface area contributed by atoms with Crippen LogP contribution in [0.15, 0.2) is 36.5 Å². The number of benzene rings is 1. The van der Waals surface area contributed by atoms with Gasteiger partial charge in [0.25, 0.3) is 5.91 Å². The van der Waals surface area contributed by atoms with E-state index in [-0.39, 0.29) is 18.2 Å².